The largest absolute Gasteiger partial charge is 0.311 e. The lowest BCUT2D eigenvalue weighted by atomic mass is 10.0. The Bertz CT molecular complexity index is 405. The first-order chi connectivity index (χ1) is 9.61. The summed E-state index contributed by atoms with van der Waals surface area (Å²) in [5.41, 5.74) is 2.57. The molecule has 2 heterocycles. The van der Waals surface area contributed by atoms with E-state index in [-0.39, 0.29) is 0 Å². The molecule has 2 rings (SSSR count). The first-order valence-electron chi connectivity index (χ1n) is 8.08. The molecule has 1 aliphatic rings. The van der Waals surface area contributed by atoms with Crippen LogP contribution >= 0.6 is 0 Å². The molecule has 1 atom stereocenters. The van der Waals surface area contributed by atoms with Gasteiger partial charge in [0.25, 0.3) is 0 Å². The summed E-state index contributed by atoms with van der Waals surface area (Å²) in [5.74, 6) is 0.708. The Hall–Kier alpha value is -0.870. The number of aryl methyl sites for hydroxylation is 2. The molecular weight excluding hydrogens is 248 g/mol. The highest BCUT2D eigenvalue weighted by atomic mass is 15.3. The van der Waals surface area contributed by atoms with Gasteiger partial charge < -0.3 is 5.32 Å². The summed E-state index contributed by atoms with van der Waals surface area (Å²) in [7, 11) is 2.00. The SMILES string of the molecule is CCc1nn(C)cc1CNCC(C(C)C)N1CCCC1. The smallest absolute Gasteiger partial charge is 0.0666 e. The second-order valence-corrected chi connectivity index (χ2v) is 6.31. The van der Waals surface area contributed by atoms with Crippen LogP contribution in [0.5, 0.6) is 0 Å². The standard InChI is InChI=1S/C16H30N4/c1-5-15-14(12-19(4)18-15)10-17-11-16(13(2)3)20-8-6-7-9-20/h12-13,16-17H,5-11H2,1-4H3. The van der Waals surface area contributed by atoms with Crippen LogP contribution in [0.3, 0.4) is 0 Å². The Kier molecular flexibility index (Phi) is 5.61. The second kappa shape index (κ2) is 7.23. The third-order valence-electron chi connectivity index (χ3n) is 4.37. The molecule has 0 spiro atoms. The average Bonchev–Trinajstić information content (AvgIpc) is 3.03. The van der Waals surface area contributed by atoms with E-state index in [4.69, 9.17) is 0 Å². The Morgan fingerprint density at radius 2 is 2.00 bits per heavy atom. The molecule has 0 amide bonds. The predicted octanol–water partition coefficient (Wildman–Crippen LogP) is 2.19. The maximum atomic E-state index is 4.51. The van der Waals surface area contributed by atoms with Gasteiger partial charge in [0.2, 0.25) is 0 Å². The van der Waals surface area contributed by atoms with Gasteiger partial charge in [-0.1, -0.05) is 20.8 Å². The van der Waals surface area contributed by atoms with Crippen LogP contribution in [-0.2, 0) is 20.0 Å². The summed E-state index contributed by atoms with van der Waals surface area (Å²) in [4.78, 5) is 2.65. The fraction of sp³-hybridized carbons (Fsp3) is 0.812. The number of hydrogen-bond acceptors (Lipinski definition) is 3. The maximum absolute atomic E-state index is 4.51. The van der Waals surface area contributed by atoms with Gasteiger partial charge in [-0.25, -0.2) is 0 Å². The third kappa shape index (κ3) is 3.83. The molecule has 0 aromatic carbocycles. The van der Waals surface area contributed by atoms with Crippen LogP contribution < -0.4 is 5.32 Å². The molecule has 1 saturated heterocycles. The molecule has 20 heavy (non-hydrogen) atoms. The maximum Gasteiger partial charge on any atom is 0.0666 e. The molecule has 1 aromatic rings. The number of aromatic nitrogens is 2. The van der Waals surface area contributed by atoms with Crippen LogP contribution in [-0.4, -0.2) is 40.4 Å². The summed E-state index contributed by atoms with van der Waals surface area (Å²) < 4.78 is 1.93. The highest BCUT2D eigenvalue weighted by molar-refractivity contribution is 5.16. The molecule has 0 saturated carbocycles. The minimum absolute atomic E-state index is 0.666. The minimum atomic E-state index is 0.666. The molecule has 114 valence electrons. The monoisotopic (exact) mass is 278 g/mol. The number of nitrogens with zero attached hydrogens (tertiary/aromatic N) is 3. The van der Waals surface area contributed by atoms with Crippen molar-refractivity contribution in [2.24, 2.45) is 13.0 Å². The van der Waals surface area contributed by atoms with E-state index in [0.29, 0.717) is 12.0 Å². The Labute approximate surface area is 123 Å². The minimum Gasteiger partial charge on any atom is -0.311 e. The van der Waals surface area contributed by atoms with E-state index in [1.807, 2.05) is 11.7 Å². The van der Waals surface area contributed by atoms with Crippen molar-refractivity contribution in [1.29, 1.82) is 0 Å². The predicted molar refractivity (Wildman–Crippen MR) is 83.7 cm³/mol. The normalized spacial score (nSPS) is 18.1. The number of hydrogen-bond donors (Lipinski definition) is 1. The van der Waals surface area contributed by atoms with Crippen molar-refractivity contribution in [1.82, 2.24) is 20.0 Å². The Morgan fingerprint density at radius 3 is 2.60 bits per heavy atom. The fourth-order valence-corrected chi connectivity index (χ4v) is 3.24. The van der Waals surface area contributed by atoms with E-state index in [1.165, 1.54) is 37.2 Å². The van der Waals surface area contributed by atoms with Crippen LogP contribution in [0, 0.1) is 5.92 Å². The molecule has 1 aromatic heterocycles. The summed E-state index contributed by atoms with van der Waals surface area (Å²) in [6.45, 7) is 11.4. The number of rotatable bonds is 7. The van der Waals surface area contributed by atoms with Crippen LogP contribution in [0.15, 0.2) is 6.20 Å². The third-order valence-corrected chi connectivity index (χ3v) is 4.37. The Morgan fingerprint density at radius 1 is 1.30 bits per heavy atom. The van der Waals surface area contributed by atoms with Gasteiger partial charge in [0, 0.05) is 37.9 Å². The molecule has 0 bridgehead atoms. The van der Waals surface area contributed by atoms with Gasteiger partial charge in [-0.3, -0.25) is 9.58 Å². The first-order valence-corrected chi connectivity index (χ1v) is 8.08. The molecule has 0 radical (unpaired) electrons. The van der Waals surface area contributed by atoms with E-state index in [1.54, 1.807) is 0 Å². The number of nitrogens with one attached hydrogen (secondary N) is 1. The highest BCUT2D eigenvalue weighted by Gasteiger charge is 2.24. The quantitative estimate of drug-likeness (QED) is 0.830. The van der Waals surface area contributed by atoms with E-state index in [2.05, 4.69) is 42.3 Å². The molecule has 1 unspecified atom stereocenters. The molecule has 1 fully saturated rings. The lowest BCUT2D eigenvalue weighted by molar-refractivity contribution is 0.186. The topological polar surface area (TPSA) is 33.1 Å². The zero-order valence-electron chi connectivity index (χ0n) is 13.5. The summed E-state index contributed by atoms with van der Waals surface area (Å²) in [6, 6.07) is 0.666. The van der Waals surface area contributed by atoms with Crippen LogP contribution in [0.1, 0.15) is 44.9 Å². The van der Waals surface area contributed by atoms with E-state index in [0.717, 1.165) is 19.5 Å². The van der Waals surface area contributed by atoms with Gasteiger partial charge in [0.1, 0.15) is 0 Å². The van der Waals surface area contributed by atoms with Gasteiger partial charge in [-0.2, -0.15) is 5.10 Å². The lowest BCUT2D eigenvalue weighted by Crippen LogP contribution is -2.44. The summed E-state index contributed by atoms with van der Waals surface area (Å²) in [5, 5.41) is 8.16. The highest BCUT2D eigenvalue weighted by Crippen LogP contribution is 2.17. The van der Waals surface area contributed by atoms with Crippen molar-refractivity contribution in [3.63, 3.8) is 0 Å². The van der Waals surface area contributed by atoms with Crippen molar-refractivity contribution in [2.75, 3.05) is 19.6 Å². The zero-order chi connectivity index (χ0) is 14.5. The molecule has 1 N–H and O–H groups in total. The summed E-state index contributed by atoms with van der Waals surface area (Å²) >= 11 is 0. The second-order valence-electron chi connectivity index (χ2n) is 6.31. The lowest BCUT2D eigenvalue weighted by Gasteiger charge is -2.31. The molecular formula is C16H30N4. The van der Waals surface area contributed by atoms with Gasteiger partial charge in [0.05, 0.1) is 5.69 Å². The van der Waals surface area contributed by atoms with Crippen LogP contribution in [0.4, 0.5) is 0 Å². The van der Waals surface area contributed by atoms with Crippen LogP contribution in [0.25, 0.3) is 0 Å². The zero-order valence-corrected chi connectivity index (χ0v) is 13.5. The number of likely N-dealkylation sites (tertiary alicyclic amines) is 1. The van der Waals surface area contributed by atoms with Crippen molar-refractivity contribution < 1.29 is 0 Å². The van der Waals surface area contributed by atoms with E-state index >= 15 is 0 Å². The first kappa shape index (κ1) is 15.5. The molecule has 0 aliphatic carbocycles. The summed E-state index contributed by atoms with van der Waals surface area (Å²) in [6.07, 6.45) is 5.89. The van der Waals surface area contributed by atoms with Crippen LogP contribution in [0.2, 0.25) is 0 Å². The molecule has 4 nitrogen and oxygen atoms in total. The van der Waals surface area contributed by atoms with E-state index < -0.39 is 0 Å². The van der Waals surface area contributed by atoms with E-state index in [9.17, 15) is 0 Å². The molecule has 4 heteroatoms. The average molecular weight is 278 g/mol. The van der Waals surface area contributed by atoms with Crippen molar-refractivity contribution in [3.8, 4) is 0 Å². The van der Waals surface area contributed by atoms with Gasteiger partial charge >= 0.3 is 0 Å². The molecule has 1 aliphatic heterocycles. The van der Waals surface area contributed by atoms with Gasteiger partial charge in [0.15, 0.2) is 0 Å². The van der Waals surface area contributed by atoms with Gasteiger partial charge in [-0.05, 0) is 38.3 Å². The fourth-order valence-electron chi connectivity index (χ4n) is 3.24. The van der Waals surface area contributed by atoms with Gasteiger partial charge in [-0.15, -0.1) is 0 Å². The Balaban J connectivity index is 1.86. The van der Waals surface area contributed by atoms with Crippen molar-refractivity contribution in [3.05, 3.63) is 17.5 Å². The van der Waals surface area contributed by atoms with Crippen molar-refractivity contribution >= 4 is 0 Å². The van der Waals surface area contributed by atoms with Crippen molar-refractivity contribution in [2.45, 2.75) is 52.6 Å².